The fourth-order valence-corrected chi connectivity index (χ4v) is 3.67. The molecule has 21 heavy (non-hydrogen) atoms. The maximum absolute atomic E-state index is 11.9. The van der Waals surface area contributed by atoms with Crippen molar-refractivity contribution in [2.24, 2.45) is 13.0 Å². The summed E-state index contributed by atoms with van der Waals surface area (Å²) in [4.78, 5) is 13.0. The number of carbonyl (C=O) groups excluding carboxylic acids is 1. The minimum atomic E-state index is 0.0695. The molecular formula is C14H18N4OS2. The molecule has 0 spiro atoms. The van der Waals surface area contributed by atoms with Gasteiger partial charge in [0.25, 0.3) is 0 Å². The molecule has 0 radical (unpaired) electrons. The van der Waals surface area contributed by atoms with E-state index in [1.54, 1.807) is 11.3 Å². The van der Waals surface area contributed by atoms with E-state index in [0.29, 0.717) is 17.7 Å². The molecule has 1 atom stereocenters. The molecule has 1 saturated carbocycles. The maximum atomic E-state index is 11.9. The van der Waals surface area contributed by atoms with Crippen LogP contribution < -0.4 is 5.32 Å². The van der Waals surface area contributed by atoms with Crippen molar-refractivity contribution in [3.8, 4) is 10.7 Å². The minimum Gasteiger partial charge on any atom is -0.353 e. The number of amides is 1. The first kappa shape index (κ1) is 14.6. The Balaban J connectivity index is 1.57. The Bertz CT molecular complexity index is 619. The molecule has 5 nitrogen and oxygen atoms in total. The second kappa shape index (κ2) is 6.19. The Hall–Kier alpha value is -1.34. The SMILES string of the molecule is CC(NC(=O)CSc1nnc(-c2cccs2)n1C)C1CC1. The average Bonchev–Trinajstić information content (AvgIpc) is 3.06. The zero-order chi connectivity index (χ0) is 14.8. The number of hydrogen-bond donors (Lipinski definition) is 1. The van der Waals surface area contributed by atoms with Crippen LogP contribution in [0.3, 0.4) is 0 Å². The zero-order valence-corrected chi connectivity index (χ0v) is 13.7. The third kappa shape index (κ3) is 3.47. The summed E-state index contributed by atoms with van der Waals surface area (Å²) in [6.45, 7) is 2.08. The Morgan fingerprint density at radius 3 is 3.05 bits per heavy atom. The average molecular weight is 322 g/mol. The van der Waals surface area contributed by atoms with Gasteiger partial charge in [0.15, 0.2) is 11.0 Å². The number of thioether (sulfide) groups is 1. The molecule has 1 aliphatic rings. The van der Waals surface area contributed by atoms with Gasteiger partial charge in [0.1, 0.15) is 0 Å². The van der Waals surface area contributed by atoms with Gasteiger partial charge in [-0.05, 0) is 37.1 Å². The van der Waals surface area contributed by atoms with E-state index < -0.39 is 0 Å². The van der Waals surface area contributed by atoms with Gasteiger partial charge in [-0.1, -0.05) is 17.8 Å². The van der Waals surface area contributed by atoms with Crippen LogP contribution in [0, 0.1) is 5.92 Å². The number of nitrogens with one attached hydrogen (secondary N) is 1. The lowest BCUT2D eigenvalue weighted by atomic mass is 10.2. The normalized spacial score (nSPS) is 15.9. The molecule has 1 aliphatic carbocycles. The van der Waals surface area contributed by atoms with Gasteiger partial charge in [0.05, 0.1) is 10.6 Å². The second-order valence-corrected chi connectivity index (χ2v) is 7.21. The van der Waals surface area contributed by atoms with Crippen molar-refractivity contribution in [1.82, 2.24) is 20.1 Å². The van der Waals surface area contributed by atoms with E-state index in [-0.39, 0.29) is 5.91 Å². The number of rotatable bonds is 6. The first-order valence-electron chi connectivity index (χ1n) is 7.00. The van der Waals surface area contributed by atoms with Crippen molar-refractivity contribution in [3.05, 3.63) is 17.5 Å². The van der Waals surface area contributed by atoms with Crippen molar-refractivity contribution in [2.45, 2.75) is 31.0 Å². The minimum absolute atomic E-state index is 0.0695. The quantitative estimate of drug-likeness (QED) is 0.830. The van der Waals surface area contributed by atoms with Crippen molar-refractivity contribution in [3.63, 3.8) is 0 Å². The number of hydrogen-bond acceptors (Lipinski definition) is 5. The molecule has 0 bridgehead atoms. The molecule has 2 heterocycles. The van der Waals surface area contributed by atoms with Crippen molar-refractivity contribution in [1.29, 1.82) is 0 Å². The number of thiophene rings is 1. The van der Waals surface area contributed by atoms with Crippen molar-refractivity contribution < 1.29 is 4.79 Å². The molecule has 0 aliphatic heterocycles. The summed E-state index contributed by atoms with van der Waals surface area (Å²) in [5.74, 6) is 1.98. The molecule has 2 aromatic heterocycles. The van der Waals surface area contributed by atoms with Crippen LogP contribution in [-0.4, -0.2) is 32.5 Å². The van der Waals surface area contributed by atoms with E-state index in [1.807, 2.05) is 29.1 Å². The van der Waals surface area contributed by atoms with Gasteiger partial charge in [0.2, 0.25) is 5.91 Å². The molecular weight excluding hydrogens is 304 g/mol. The summed E-state index contributed by atoms with van der Waals surface area (Å²) >= 11 is 3.06. The highest BCUT2D eigenvalue weighted by atomic mass is 32.2. The van der Waals surface area contributed by atoms with Gasteiger partial charge in [0, 0.05) is 13.1 Å². The standard InChI is InChI=1S/C14H18N4OS2/c1-9(10-5-6-10)15-12(19)8-21-14-17-16-13(18(14)2)11-4-3-7-20-11/h3-4,7,9-10H,5-6,8H2,1-2H3,(H,15,19). The van der Waals surface area contributed by atoms with Gasteiger partial charge in [-0.3, -0.25) is 4.79 Å². The Morgan fingerprint density at radius 1 is 1.57 bits per heavy atom. The smallest absolute Gasteiger partial charge is 0.230 e. The first-order chi connectivity index (χ1) is 10.1. The molecule has 112 valence electrons. The predicted molar refractivity (Wildman–Crippen MR) is 85.4 cm³/mol. The molecule has 1 amide bonds. The number of aromatic nitrogens is 3. The van der Waals surface area contributed by atoms with E-state index >= 15 is 0 Å². The molecule has 0 aromatic carbocycles. The predicted octanol–water partition coefficient (Wildman–Crippen LogP) is 2.55. The Kier molecular flexibility index (Phi) is 4.30. The molecule has 1 unspecified atom stereocenters. The van der Waals surface area contributed by atoms with Crippen LogP contribution in [0.25, 0.3) is 10.7 Å². The molecule has 1 N–H and O–H groups in total. The van der Waals surface area contributed by atoms with E-state index in [2.05, 4.69) is 22.4 Å². The van der Waals surface area contributed by atoms with Gasteiger partial charge in [-0.2, -0.15) is 0 Å². The number of nitrogens with zero attached hydrogens (tertiary/aromatic N) is 3. The first-order valence-corrected chi connectivity index (χ1v) is 8.87. The van der Waals surface area contributed by atoms with Crippen molar-refractivity contribution >= 4 is 29.0 Å². The van der Waals surface area contributed by atoms with Gasteiger partial charge in [-0.25, -0.2) is 0 Å². The zero-order valence-electron chi connectivity index (χ0n) is 12.1. The van der Waals surface area contributed by atoms with E-state index in [9.17, 15) is 4.79 Å². The highest BCUT2D eigenvalue weighted by molar-refractivity contribution is 7.99. The molecule has 3 rings (SSSR count). The van der Waals surface area contributed by atoms with Gasteiger partial charge >= 0.3 is 0 Å². The third-order valence-corrected chi connectivity index (χ3v) is 5.51. The highest BCUT2D eigenvalue weighted by Gasteiger charge is 2.28. The summed E-state index contributed by atoms with van der Waals surface area (Å²) in [7, 11) is 1.93. The second-order valence-electron chi connectivity index (χ2n) is 5.32. The van der Waals surface area contributed by atoms with Crippen LogP contribution in [0.1, 0.15) is 19.8 Å². The third-order valence-electron chi connectivity index (χ3n) is 3.63. The highest BCUT2D eigenvalue weighted by Crippen LogP contribution is 2.32. The summed E-state index contributed by atoms with van der Waals surface area (Å²) in [6.07, 6.45) is 2.48. The van der Waals surface area contributed by atoms with E-state index in [4.69, 9.17) is 0 Å². The lowest BCUT2D eigenvalue weighted by Crippen LogP contribution is -2.35. The van der Waals surface area contributed by atoms with Crippen LogP contribution in [-0.2, 0) is 11.8 Å². The van der Waals surface area contributed by atoms with Gasteiger partial charge < -0.3 is 9.88 Å². The lowest BCUT2D eigenvalue weighted by Gasteiger charge is -2.12. The van der Waals surface area contributed by atoms with Crippen LogP contribution >= 0.6 is 23.1 Å². The van der Waals surface area contributed by atoms with Gasteiger partial charge in [-0.15, -0.1) is 21.5 Å². The fraction of sp³-hybridized carbons (Fsp3) is 0.500. The summed E-state index contributed by atoms with van der Waals surface area (Å²) in [5, 5.41) is 14.2. The Labute approximate surface area is 132 Å². The fourth-order valence-electron chi connectivity index (χ4n) is 2.20. The van der Waals surface area contributed by atoms with E-state index in [1.165, 1.54) is 24.6 Å². The van der Waals surface area contributed by atoms with Crippen LogP contribution in [0.15, 0.2) is 22.7 Å². The maximum Gasteiger partial charge on any atom is 0.230 e. The molecule has 0 saturated heterocycles. The summed E-state index contributed by atoms with van der Waals surface area (Å²) in [5.41, 5.74) is 0. The van der Waals surface area contributed by atoms with Crippen LogP contribution in [0.2, 0.25) is 0 Å². The number of carbonyl (C=O) groups is 1. The molecule has 1 fully saturated rings. The van der Waals surface area contributed by atoms with E-state index in [0.717, 1.165) is 15.9 Å². The Morgan fingerprint density at radius 2 is 2.38 bits per heavy atom. The summed E-state index contributed by atoms with van der Waals surface area (Å²) < 4.78 is 1.94. The lowest BCUT2D eigenvalue weighted by molar-refractivity contribution is -0.119. The molecule has 2 aromatic rings. The van der Waals surface area contributed by atoms with Crippen LogP contribution in [0.5, 0.6) is 0 Å². The topological polar surface area (TPSA) is 59.8 Å². The largest absolute Gasteiger partial charge is 0.353 e. The van der Waals surface area contributed by atoms with Crippen molar-refractivity contribution in [2.75, 3.05) is 5.75 Å². The van der Waals surface area contributed by atoms with Crippen LogP contribution in [0.4, 0.5) is 0 Å². The molecule has 7 heteroatoms. The summed E-state index contributed by atoms with van der Waals surface area (Å²) in [6, 6.07) is 4.31. The monoisotopic (exact) mass is 322 g/mol.